The van der Waals surface area contributed by atoms with Gasteiger partial charge in [0.1, 0.15) is 17.2 Å². The molecule has 1 aliphatic heterocycles. The molecule has 1 heterocycles. The van der Waals surface area contributed by atoms with Crippen molar-refractivity contribution in [3.05, 3.63) is 69.7 Å². The summed E-state index contributed by atoms with van der Waals surface area (Å²) in [5.74, 6) is 0.389. The third kappa shape index (κ3) is 5.39. The SMILES string of the molecule is COc1cc(OC)c(Cl)c(-c2ccc(C(=N)C(=O)c3ccc(N4C[C@@H](C)N[C@@H](C)C4)cc3)c(N)c2)c1Cl. The van der Waals surface area contributed by atoms with Gasteiger partial charge in [-0.1, -0.05) is 29.3 Å². The van der Waals surface area contributed by atoms with Crippen LogP contribution < -0.4 is 25.4 Å². The standard InChI is InChI=1S/C28H30Cl2N4O3/c1-15-13-34(14-16(2)33-15)19-8-5-17(6-9-19)28(35)27(32)20-10-7-18(11-21(20)31)24-25(29)22(36-3)12-23(37-4)26(24)30/h5-12,15-16,32-33H,13-14,31H2,1-4H3/t15-,16+. The van der Waals surface area contributed by atoms with E-state index in [2.05, 4.69) is 24.1 Å². The summed E-state index contributed by atoms with van der Waals surface area (Å²) in [5, 5.41) is 12.7. The zero-order valence-corrected chi connectivity index (χ0v) is 22.7. The van der Waals surface area contributed by atoms with Crippen LogP contribution in [0.4, 0.5) is 11.4 Å². The van der Waals surface area contributed by atoms with Crippen LogP contribution in [0, 0.1) is 5.41 Å². The minimum atomic E-state index is -0.410. The van der Waals surface area contributed by atoms with Gasteiger partial charge < -0.3 is 25.4 Å². The molecule has 3 aromatic carbocycles. The summed E-state index contributed by atoms with van der Waals surface area (Å²) in [6.45, 7) is 6.10. The lowest BCUT2D eigenvalue weighted by atomic mass is 9.96. The summed E-state index contributed by atoms with van der Waals surface area (Å²) in [4.78, 5) is 15.4. The van der Waals surface area contributed by atoms with Crippen LogP contribution in [0.1, 0.15) is 29.8 Å². The zero-order valence-electron chi connectivity index (χ0n) is 21.2. The van der Waals surface area contributed by atoms with E-state index in [-0.39, 0.29) is 11.4 Å². The number of nitrogens with zero attached hydrogens (tertiary/aromatic N) is 1. The van der Waals surface area contributed by atoms with E-state index in [0.717, 1.165) is 18.8 Å². The number of halogens is 2. The van der Waals surface area contributed by atoms with Gasteiger partial charge in [-0.3, -0.25) is 10.2 Å². The number of ether oxygens (including phenoxy) is 2. The largest absolute Gasteiger partial charge is 0.495 e. The van der Waals surface area contributed by atoms with E-state index in [1.165, 1.54) is 14.2 Å². The topological polar surface area (TPSA) is 101 Å². The molecule has 0 bridgehead atoms. The van der Waals surface area contributed by atoms with Gasteiger partial charge >= 0.3 is 0 Å². The Hall–Kier alpha value is -3.26. The molecule has 194 valence electrons. The Morgan fingerprint density at radius 2 is 1.54 bits per heavy atom. The molecule has 4 rings (SSSR count). The number of nitrogens with one attached hydrogen (secondary N) is 2. The Labute approximate surface area is 227 Å². The van der Waals surface area contributed by atoms with Gasteiger partial charge in [-0.05, 0) is 55.8 Å². The number of hydrogen-bond donors (Lipinski definition) is 3. The van der Waals surface area contributed by atoms with Crippen molar-refractivity contribution >= 4 is 46.1 Å². The number of anilines is 2. The molecule has 0 unspecified atom stereocenters. The number of ketones is 1. The number of methoxy groups -OCH3 is 2. The molecule has 7 nitrogen and oxygen atoms in total. The first kappa shape index (κ1) is 26.8. The summed E-state index contributed by atoms with van der Waals surface area (Å²) in [6.07, 6.45) is 0. The molecule has 0 aliphatic carbocycles. The van der Waals surface area contributed by atoms with Crippen LogP contribution in [0.2, 0.25) is 10.0 Å². The third-order valence-corrected chi connectivity index (χ3v) is 7.21. The van der Waals surface area contributed by atoms with Crippen molar-refractivity contribution in [1.29, 1.82) is 5.41 Å². The molecule has 0 amide bonds. The molecule has 0 saturated carbocycles. The number of carbonyl (C=O) groups is 1. The Kier molecular flexibility index (Phi) is 7.97. The van der Waals surface area contributed by atoms with E-state index < -0.39 is 5.78 Å². The molecule has 0 spiro atoms. The van der Waals surface area contributed by atoms with Gasteiger partial charge in [0.2, 0.25) is 5.78 Å². The lowest BCUT2D eigenvalue weighted by molar-refractivity contribution is 0.106. The zero-order chi connectivity index (χ0) is 26.9. The number of nitrogen functional groups attached to an aromatic ring is 1. The van der Waals surface area contributed by atoms with Gasteiger partial charge in [-0.25, -0.2) is 0 Å². The molecular weight excluding hydrogens is 511 g/mol. The van der Waals surface area contributed by atoms with Crippen LogP contribution >= 0.6 is 23.2 Å². The van der Waals surface area contributed by atoms with E-state index >= 15 is 0 Å². The second-order valence-corrected chi connectivity index (χ2v) is 9.97. The van der Waals surface area contributed by atoms with Crippen molar-refractivity contribution < 1.29 is 14.3 Å². The number of piperazine rings is 1. The van der Waals surface area contributed by atoms with Crippen LogP contribution in [-0.2, 0) is 0 Å². The van der Waals surface area contributed by atoms with Gasteiger partial charge in [-0.15, -0.1) is 0 Å². The lowest BCUT2D eigenvalue weighted by Gasteiger charge is -2.37. The first-order chi connectivity index (χ1) is 17.6. The van der Waals surface area contributed by atoms with Crippen LogP contribution in [0.5, 0.6) is 11.5 Å². The minimum absolute atomic E-state index is 0.193. The fraction of sp³-hybridized carbons (Fsp3) is 0.286. The molecule has 1 saturated heterocycles. The minimum Gasteiger partial charge on any atom is -0.495 e. The van der Waals surface area contributed by atoms with Crippen molar-refractivity contribution in [1.82, 2.24) is 5.32 Å². The van der Waals surface area contributed by atoms with Crippen molar-refractivity contribution in [3.8, 4) is 22.6 Å². The number of hydrogen-bond acceptors (Lipinski definition) is 7. The normalized spacial score (nSPS) is 17.4. The molecule has 9 heteroatoms. The predicted molar refractivity (Wildman–Crippen MR) is 151 cm³/mol. The second kappa shape index (κ2) is 11.0. The highest BCUT2D eigenvalue weighted by Crippen LogP contribution is 2.46. The average Bonchev–Trinajstić information content (AvgIpc) is 2.88. The Morgan fingerprint density at radius 1 is 0.973 bits per heavy atom. The number of carbonyl (C=O) groups excluding carboxylic acids is 1. The molecule has 4 N–H and O–H groups in total. The van der Waals surface area contributed by atoms with E-state index in [0.29, 0.717) is 55.9 Å². The van der Waals surface area contributed by atoms with Crippen molar-refractivity contribution in [2.75, 3.05) is 37.9 Å². The second-order valence-electron chi connectivity index (χ2n) is 9.21. The van der Waals surface area contributed by atoms with Crippen molar-refractivity contribution in [2.24, 2.45) is 0 Å². The summed E-state index contributed by atoms with van der Waals surface area (Å²) < 4.78 is 10.7. The van der Waals surface area contributed by atoms with Gasteiger partial charge in [0.05, 0.1) is 24.3 Å². The fourth-order valence-electron chi connectivity index (χ4n) is 4.71. The van der Waals surface area contributed by atoms with Gasteiger partial charge in [0, 0.05) is 59.3 Å². The van der Waals surface area contributed by atoms with Crippen molar-refractivity contribution in [3.63, 3.8) is 0 Å². The average molecular weight is 541 g/mol. The van der Waals surface area contributed by atoms with E-state index in [1.54, 1.807) is 36.4 Å². The summed E-state index contributed by atoms with van der Waals surface area (Å²) in [7, 11) is 3.00. The van der Waals surface area contributed by atoms with Crippen LogP contribution in [0.25, 0.3) is 11.1 Å². The summed E-state index contributed by atoms with van der Waals surface area (Å²) in [6, 6.07) is 14.7. The van der Waals surface area contributed by atoms with Crippen LogP contribution in [-0.4, -0.2) is 50.9 Å². The highest BCUT2D eigenvalue weighted by molar-refractivity contribution is 6.51. The van der Waals surface area contributed by atoms with E-state index in [1.807, 2.05) is 12.1 Å². The molecule has 0 radical (unpaired) electrons. The van der Waals surface area contributed by atoms with Crippen LogP contribution in [0.15, 0.2) is 48.5 Å². The number of nitrogens with two attached hydrogens (primary N) is 1. The maximum Gasteiger partial charge on any atom is 0.211 e. The Morgan fingerprint density at radius 3 is 2.05 bits per heavy atom. The molecule has 1 aliphatic rings. The molecule has 3 aromatic rings. The summed E-state index contributed by atoms with van der Waals surface area (Å²) in [5.41, 5.74) is 9.27. The molecule has 37 heavy (non-hydrogen) atoms. The van der Waals surface area contributed by atoms with E-state index in [4.69, 9.17) is 43.8 Å². The third-order valence-electron chi connectivity index (χ3n) is 6.46. The van der Waals surface area contributed by atoms with Crippen molar-refractivity contribution in [2.45, 2.75) is 25.9 Å². The number of rotatable bonds is 7. The maximum absolute atomic E-state index is 13.1. The first-order valence-electron chi connectivity index (χ1n) is 11.9. The quantitative estimate of drug-likeness (QED) is 0.202. The first-order valence-corrected chi connectivity index (χ1v) is 12.6. The molecule has 0 aromatic heterocycles. The monoisotopic (exact) mass is 540 g/mol. The summed E-state index contributed by atoms with van der Waals surface area (Å²) >= 11 is 13.1. The molecule has 2 atom stereocenters. The molecule has 1 fully saturated rings. The maximum atomic E-state index is 13.1. The fourth-order valence-corrected chi connectivity index (χ4v) is 5.43. The highest BCUT2D eigenvalue weighted by Gasteiger charge is 2.23. The lowest BCUT2D eigenvalue weighted by Crippen LogP contribution is -2.54. The smallest absolute Gasteiger partial charge is 0.211 e. The Balaban J connectivity index is 1.59. The van der Waals surface area contributed by atoms with Gasteiger partial charge in [0.25, 0.3) is 0 Å². The van der Waals surface area contributed by atoms with E-state index in [9.17, 15) is 4.79 Å². The number of benzene rings is 3. The predicted octanol–water partition coefficient (Wildman–Crippen LogP) is 5.70. The Bertz CT molecular complexity index is 1310. The highest BCUT2D eigenvalue weighted by atomic mass is 35.5. The van der Waals surface area contributed by atoms with Gasteiger partial charge in [0.15, 0.2) is 0 Å². The molecular formula is C28H30Cl2N4O3. The van der Waals surface area contributed by atoms with Crippen LogP contribution in [0.3, 0.4) is 0 Å². The van der Waals surface area contributed by atoms with Gasteiger partial charge in [-0.2, -0.15) is 0 Å². The number of Topliss-reactive ketones (excluding diaryl/α,β-unsaturated/α-hetero) is 1.